The van der Waals surface area contributed by atoms with Gasteiger partial charge in [0.2, 0.25) is 0 Å². The predicted molar refractivity (Wildman–Crippen MR) is 123 cm³/mol. The first kappa shape index (κ1) is 21.4. The summed E-state index contributed by atoms with van der Waals surface area (Å²) in [6.07, 6.45) is 0. The SMILES string of the molecule is CCOc1ccc(N2C(=O)[C@@]3(CN(C)C[C@H]3c3cc(OC)cc(OC)c3)NC2=S)cc1. The van der Waals surface area contributed by atoms with E-state index in [1.165, 1.54) is 0 Å². The Balaban J connectivity index is 1.71. The smallest absolute Gasteiger partial charge is 0.261 e. The number of carbonyl (C=O) groups excluding carboxylic acids is 1. The first-order valence-corrected chi connectivity index (χ1v) is 10.6. The summed E-state index contributed by atoms with van der Waals surface area (Å²) in [4.78, 5) is 17.6. The van der Waals surface area contributed by atoms with Crippen LogP contribution in [0, 0.1) is 0 Å². The molecule has 31 heavy (non-hydrogen) atoms. The maximum Gasteiger partial charge on any atom is 0.261 e. The number of amides is 1. The second-order valence-electron chi connectivity index (χ2n) is 7.86. The number of anilines is 1. The number of hydrogen-bond donors (Lipinski definition) is 1. The molecule has 2 atom stereocenters. The number of carbonyl (C=O) groups is 1. The topological polar surface area (TPSA) is 63.3 Å². The molecule has 1 spiro atoms. The molecule has 1 amide bonds. The van der Waals surface area contributed by atoms with Gasteiger partial charge in [-0.1, -0.05) is 0 Å². The van der Waals surface area contributed by atoms with Gasteiger partial charge in [-0.25, -0.2) is 0 Å². The Morgan fingerprint density at radius 3 is 2.32 bits per heavy atom. The van der Waals surface area contributed by atoms with Crippen LogP contribution in [0.15, 0.2) is 42.5 Å². The monoisotopic (exact) mass is 441 g/mol. The van der Waals surface area contributed by atoms with E-state index in [2.05, 4.69) is 10.2 Å². The number of nitrogens with zero attached hydrogens (tertiary/aromatic N) is 2. The van der Waals surface area contributed by atoms with Crippen LogP contribution in [0.25, 0.3) is 0 Å². The van der Waals surface area contributed by atoms with Crippen LogP contribution in [-0.4, -0.2) is 62.4 Å². The van der Waals surface area contributed by atoms with Crippen molar-refractivity contribution in [3.05, 3.63) is 48.0 Å². The van der Waals surface area contributed by atoms with Crippen molar-refractivity contribution in [3.8, 4) is 17.2 Å². The summed E-state index contributed by atoms with van der Waals surface area (Å²) in [6.45, 7) is 3.77. The molecule has 2 aromatic carbocycles. The van der Waals surface area contributed by atoms with Crippen molar-refractivity contribution >= 4 is 28.9 Å². The van der Waals surface area contributed by atoms with Crippen LogP contribution < -0.4 is 24.4 Å². The summed E-state index contributed by atoms with van der Waals surface area (Å²) in [5, 5.41) is 3.78. The van der Waals surface area contributed by atoms with Gasteiger partial charge in [0.05, 0.1) is 26.5 Å². The Kier molecular flexibility index (Phi) is 5.77. The lowest BCUT2D eigenvalue weighted by Gasteiger charge is -2.29. The average Bonchev–Trinajstić information content (AvgIpc) is 3.23. The predicted octanol–water partition coefficient (Wildman–Crippen LogP) is 2.79. The second kappa shape index (κ2) is 8.36. The zero-order valence-electron chi connectivity index (χ0n) is 18.2. The first-order chi connectivity index (χ1) is 14.9. The van der Waals surface area contributed by atoms with Crippen LogP contribution in [0.3, 0.4) is 0 Å². The quantitative estimate of drug-likeness (QED) is 0.692. The van der Waals surface area contributed by atoms with Crippen molar-refractivity contribution < 1.29 is 19.0 Å². The lowest BCUT2D eigenvalue weighted by molar-refractivity contribution is -0.122. The third-order valence-corrected chi connectivity index (χ3v) is 6.19. The fourth-order valence-corrected chi connectivity index (χ4v) is 4.89. The van der Waals surface area contributed by atoms with Crippen LogP contribution in [0.2, 0.25) is 0 Å². The number of hydrogen-bond acceptors (Lipinski definition) is 6. The van der Waals surface area contributed by atoms with Crippen molar-refractivity contribution in [1.82, 2.24) is 10.2 Å². The van der Waals surface area contributed by atoms with Gasteiger partial charge in [-0.15, -0.1) is 0 Å². The largest absolute Gasteiger partial charge is 0.497 e. The fourth-order valence-electron chi connectivity index (χ4n) is 4.52. The Labute approximate surface area is 187 Å². The van der Waals surface area contributed by atoms with Gasteiger partial charge in [0.25, 0.3) is 5.91 Å². The maximum absolute atomic E-state index is 13.8. The zero-order chi connectivity index (χ0) is 22.2. The van der Waals surface area contributed by atoms with Crippen molar-refractivity contribution in [2.75, 3.05) is 45.9 Å². The van der Waals surface area contributed by atoms with E-state index in [0.29, 0.717) is 36.3 Å². The zero-order valence-corrected chi connectivity index (χ0v) is 19.0. The molecule has 2 aliphatic heterocycles. The number of likely N-dealkylation sites (N-methyl/N-ethyl adjacent to an activating group) is 1. The third-order valence-electron chi connectivity index (χ3n) is 5.91. The molecule has 1 N–H and O–H groups in total. The van der Waals surface area contributed by atoms with E-state index in [9.17, 15) is 4.79 Å². The Bertz CT molecular complexity index is 975. The van der Waals surface area contributed by atoms with E-state index < -0.39 is 5.54 Å². The molecule has 0 unspecified atom stereocenters. The molecule has 2 fully saturated rings. The van der Waals surface area contributed by atoms with Crippen molar-refractivity contribution in [1.29, 1.82) is 0 Å². The number of likely N-dealkylation sites (tertiary alicyclic amines) is 1. The van der Waals surface area contributed by atoms with Crippen molar-refractivity contribution in [2.24, 2.45) is 0 Å². The maximum atomic E-state index is 13.8. The summed E-state index contributed by atoms with van der Waals surface area (Å²) in [5.41, 5.74) is 0.832. The molecular weight excluding hydrogens is 414 g/mol. The van der Waals surface area contributed by atoms with Crippen LogP contribution in [-0.2, 0) is 4.79 Å². The molecule has 2 aliphatic rings. The van der Waals surface area contributed by atoms with Gasteiger partial charge < -0.3 is 24.4 Å². The highest BCUT2D eigenvalue weighted by Gasteiger charge is 2.59. The average molecular weight is 442 g/mol. The lowest BCUT2D eigenvalue weighted by Crippen LogP contribution is -2.52. The van der Waals surface area contributed by atoms with E-state index >= 15 is 0 Å². The second-order valence-corrected chi connectivity index (χ2v) is 8.25. The molecular formula is C23H27N3O4S. The van der Waals surface area contributed by atoms with Gasteiger partial charge in [0, 0.05) is 25.1 Å². The Morgan fingerprint density at radius 1 is 1.10 bits per heavy atom. The minimum Gasteiger partial charge on any atom is -0.497 e. The van der Waals surface area contributed by atoms with E-state index in [1.807, 2.05) is 56.4 Å². The first-order valence-electron chi connectivity index (χ1n) is 10.2. The molecule has 0 radical (unpaired) electrons. The standard InChI is InChI=1S/C23H27N3O4S/c1-5-30-17-8-6-16(7-9-17)26-21(27)23(24-22(26)31)14-25(2)13-20(23)15-10-18(28-3)12-19(11-15)29-4/h6-12,20H,5,13-14H2,1-4H3,(H,24,31)/t20-,23-/m0/s1. The molecule has 0 aromatic heterocycles. The minimum atomic E-state index is -0.859. The molecule has 0 aliphatic carbocycles. The molecule has 0 bridgehead atoms. The van der Waals surface area contributed by atoms with Crippen LogP contribution in [0.5, 0.6) is 17.2 Å². The highest BCUT2D eigenvalue weighted by atomic mass is 32.1. The summed E-state index contributed by atoms with van der Waals surface area (Å²) < 4.78 is 16.4. The van der Waals surface area contributed by atoms with E-state index in [4.69, 9.17) is 26.4 Å². The molecule has 0 saturated carbocycles. The lowest BCUT2D eigenvalue weighted by atomic mass is 9.81. The normalized spacial score (nSPS) is 23.4. The summed E-state index contributed by atoms with van der Waals surface area (Å²) in [5.74, 6) is 1.96. The van der Waals surface area contributed by atoms with Gasteiger partial charge in [-0.2, -0.15) is 0 Å². The third kappa shape index (κ3) is 3.70. The van der Waals surface area contributed by atoms with Gasteiger partial charge in [0.15, 0.2) is 5.11 Å². The molecule has 164 valence electrons. The highest BCUT2D eigenvalue weighted by molar-refractivity contribution is 7.80. The van der Waals surface area contributed by atoms with E-state index in [-0.39, 0.29) is 11.8 Å². The van der Waals surface area contributed by atoms with E-state index in [0.717, 1.165) is 17.0 Å². The van der Waals surface area contributed by atoms with Gasteiger partial charge in [-0.3, -0.25) is 9.69 Å². The summed E-state index contributed by atoms with van der Waals surface area (Å²) in [7, 11) is 5.25. The Morgan fingerprint density at radius 2 is 1.74 bits per heavy atom. The number of nitrogens with one attached hydrogen (secondary N) is 1. The molecule has 2 heterocycles. The number of rotatable bonds is 6. The molecule has 2 saturated heterocycles. The van der Waals surface area contributed by atoms with Crippen molar-refractivity contribution in [2.45, 2.75) is 18.4 Å². The number of thiocarbonyl (C=S) groups is 1. The highest BCUT2D eigenvalue weighted by Crippen LogP contribution is 2.43. The molecule has 7 nitrogen and oxygen atoms in total. The number of ether oxygens (including phenoxy) is 3. The van der Waals surface area contributed by atoms with Gasteiger partial charge in [0.1, 0.15) is 22.8 Å². The summed E-state index contributed by atoms with van der Waals surface area (Å²) in [6, 6.07) is 13.2. The van der Waals surface area contributed by atoms with Gasteiger partial charge in [-0.05, 0) is 68.2 Å². The van der Waals surface area contributed by atoms with Crippen LogP contribution in [0.4, 0.5) is 5.69 Å². The van der Waals surface area contributed by atoms with Crippen molar-refractivity contribution in [3.63, 3.8) is 0 Å². The summed E-state index contributed by atoms with van der Waals surface area (Å²) >= 11 is 5.63. The Hall–Kier alpha value is -2.84. The molecule has 4 rings (SSSR count). The molecule has 2 aromatic rings. The molecule has 8 heteroatoms. The van der Waals surface area contributed by atoms with Gasteiger partial charge >= 0.3 is 0 Å². The van der Waals surface area contributed by atoms with Crippen LogP contribution in [0.1, 0.15) is 18.4 Å². The number of benzene rings is 2. The fraction of sp³-hybridized carbons (Fsp3) is 0.391. The van der Waals surface area contributed by atoms with Crippen LogP contribution >= 0.6 is 12.2 Å². The number of methoxy groups -OCH3 is 2. The minimum absolute atomic E-state index is 0.0576. The van der Waals surface area contributed by atoms with E-state index in [1.54, 1.807) is 19.1 Å².